The number of halogens is 2. The summed E-state index contributed by atoms with van der Waals surface area (Å²) in [5.41, 5.74) is 6.00. The van der Waals surface area contributed by atoms with Gasteiger partial charge in [0, 0.05) is 12.2 Å². The van der Waals surface area contributed by atoms with Crippen LogP contribution in [0.25, 0.3) is 0 Å². The molecule has 18 heavy (non-hydrogen) atoms. The van der Waals surface area contributed by atoms with Crippen molar-refractivity contribution in [3.8, 4) is 0 Å². The number of anilines is 1. The Labute approximate surface area is 103 Å². The molecule has 6 nitrogen and oxygen atoms in total. The molecular weight excluding hydrogens is 244 g/mol. The summed E-state index contributed by atoms with van der Waals surface area (Å²) < 4.78 is 24.8. The molecule has 1 heterocycles. The minimum Gasteiger partial charge on any atom is -0.395 e. The van der Waals surface area contributed by atoms with E-state index in [4.69, 9.17) is 16.2 Å². The number of aryl methyl sites for hydroxylation is 1. The number of nitrogens with zero attached hydrogens (tertiary/aromatic N) is 3. The second-order valence-corrected chi connectivity index (χ2v) is 3.67. The largest absolute Gasteiger partial charge is 0.395 e. The summed E-state index contributed by atoms with van der Waals surface area (Å²) in [6, 6.07) is 1.49. The second kappa shape index (κ2) is 6.20. The fraction of sp³-hybridized carbons (Fsp3) is 0.500. The van der Waals surface area contributed by atoms with E-state index in [1.807, 2.05) is 0 Å². The van der Waals surface area contributed by atoms with Crippen LogP contribution in [0.4, 0.5) is 14.7 Å². The minimum atomic E-state index is -2.57. The molecular formula is C10H15F2N5O. The molecule has 0 spiro atoms. The van der Waals surface area contributed by atoms with Crippen molar-refractivity contribution in [3.63, 3.8) is 0 Å². The number of hydrogen-bond acceptors (Lipinski definition) is 5. The Morgan fingerprint density at radius 1 is 1.56 bits per heavy atom. The van der Waals surface area contributed by atoms with Crippen molar-refractivity contribution in [2.24, 2.45) is 5.73 Å². The number of nitrogens with two attached hydrogens (primary N) is 1. The average Bonchev–Trinajstić information content (AvgIpc) is 2.27. The molecule has 0 aliphatic heterocycles. The Bertz CT molecular complexity index is 427. The fourth-order valence-electron chi connectivity index (χ4n) is 1.39. The van der Waals surface area contributed by atoms with Gasteiger partial charge in [-0.2, -0.15) is 0 Å². The van der Waals surface area contributed by atoms with Crippen LogP contribution in [0, 0.1) is 12.3 Å². The maximum Gasteiger partial charge on any atom is 0.255 e. The number of hydrogen-bond donors (Lipinski definition) is 3. The number of alkyl halides is 2. The van der Waals surface area contributed by atoms with Crippen LogP contribution in [0.2, 0.25) is 0 Å². The third-order valence-corrected chi connectivity index (χ3v) is 2.13. The highest BCUT2D eigenvalue weighted by Crippen LogP contribution is 2.11. The second-order valence-electron chi connectivity index (χ2n) is 3.67. The first-order chi connectivity index (χ1) is 8.43. The normalized spacial score (nSPS) is 10.7. The van der Waals surface area contributed by atoms with Gasteiger partial charge in [-0.05, 0) is 13.0 Å². The first kappa shape index (κ1) is 14.2. The van der Waals surface area contributed by atoms with Gasteiger partial charge in [0.1, 0.15) is 11.5 Å². The Kier molecular flexibility index (Phi) is 4.90. The minimum absolute atomic E-state index is 0.00879. The molecule has 4 N–H and O–H groups in total. The summed E-state index contributed by atoms with van der Waals surface area (Å²) in [6.07, 6.45) is -2.57. The number of rotatable bonds is 6. The molecule has 0 amide bonds. The van der Waals surface area contributed by atoms with Gasteiger partial charge >= 0.3 is 0 Å². The summed E-state index contributed by atoms with van der Waals surface area (Å²) in [5, 5.41) is 16.1. The molecule has 0 aromatic carbocycles. The molecule has 1 aromatic heterocycles. The summed E-state index contributed by atoms with van der Waals surface area (Å²) in [4.78, 5) is 9.09. The first-order valence-electron chi connectivity index (χ1n) is 5.28. The molecule has 0 fully saturated rings. The summed E-state index contributed by atoms with van der Waals surface area (Å²) in [5.74, 6) is -0.225. The molecule has 0 aliphatic carbocycles. The van der Waals surface area contributed by atoms with Gasteiger partial charge in [-0.1, -0.05) is 0 Å². The van der Waals surface area contributed by atoms with Gasteiger partial charge in [0.25, 0.3) is 6.43 Å². The Balaban J connectivity index is 3.06. The lowest BCUT2D eigenvalue weighted by atomic mass is 10.3. The fourth-order valence-corrected chi connectivity index (χ4v) is 1.39. The Morgan fingerprint density at radius 2 is 2.22 bits per heavy atom. The van der Waals surface area contributed by atoms with Crippen molar-refractivity contribution < 1.29 is 13.9 Å². The highest BCUT2D eigenvalue weighted by Gasteiger charge is 2.16. The van der Waals surface area contributed by atoms with Gasteiger partial charge in [-0.3, -0.25) is 5.41 Å². The van der Waals surface area contributed by atoms with Crippen LogP contribution in [0.3, 0.4) is 0 Å². The zero-order valence-electron chi connectivity index (χ0n) is 9.90. The number of nitrogens with one attached hydrogen (secondary N) is 1. The number of nitrogen functional groups attached to an aromatic ring is 1. The quantitative estimate of drug-likeness (QED) is 0.498. The number of aliphatic hydroxyl groups is 1. The predicted octanol–water partition coefficient (Wildman–Crippen LogP) is 0.133. The molecule has 100 valence electrons. The van der Waals surface area contributed by atoms with Crippen molar-refractivity contribution in [1.82, 2.24) is 9.97 Å². The molecule has 0 bridgehead atoms. The van der Waals surface area contributed by atoms with Gasteiger partial charge in [-0.15, -0.1) is 0 Å². The third kappa shape index (κ3) is 3.88. The van der Waals surface area contributed by atoms with E-state index in [-0.39, 0.29) is 30.6 Å². The highest BCUT2D eigenvalue weighted by molar-refractivity contribution is 5.93. The van der Waals surface area contributed by atoms with E-state index in [1.54, 1.807) is 6.92 Å². The lowest BCUT2D eigenvalue weighted by molar-refractivity contribution is 0.152. The number of amidine groups is 1. The predicted molar refractivity (Wildman–Crippen MR) is 63.1 cm³/mol. The molecule has 8 heteroatoms. The topological polar surface area (TPSA) is 99.1 Å². The monoisotopic (exact) mass is 259 g/mol. The van der Waals surface area contributed by atoms with E-state index in [2.05, 4.69) is 9.97 Å². The summed E-state index contributed by atoms with van der Waals surface area (Å²) in [7, 11) is 0. The zero-order valence-corrected chi connectivity index (χ0v) is 9.90. The van der Waals surface area contributed by atoms with Crippen molar-refractivity contribution in [2.45, 2.75) is 13.3 Å². The third-order valence-electron chi connectivity index (χ3n) is 2.13. The lowest BCUT2D eigenvalue weighted by Gasteiger charge is -2.21. The molecule has 0 saturated heterocycles. The molecule has 0 aliphatic rings. The van der Waals surface area contributed by atoms with Crippen LogP contribution in [0.1, 0.15) is 11.4 Å². The van der Waals surface area contributed by atoms with E-state index in [0.29, 0.717) is 5.69 Å². The van der Waals surface area contributed by atoms with E-state index >= 15 is 0 Å². The smallest absolute Gasteiger partial charge is 0.255 e. The van der Waals surface area contributed by atoms with E-state index < -0.39 is 13.0 Å². The van der Waals surface area contributed by atoms with Gasteiger partial charge in [0.15, 0.2) is 0 Å². The Morgan fingerprint density at radius 3 is 2.72 bits per heavy atom. The maximum atomic E-state index is 12.4. The van der Waals surface area contributed by atoms with Gasteiger partial charge in [0.05, 0.1) is 13.2 Å². The highest BCUT2D eigenvalue weighted by atomic mass is 19.3. The van der Waals surface area contributed by atoms with Crippen molar-refractivity contribution in [1.29, 1.82) is 5.41 Å². The van der Waals surface area contributed by atoms with E-state index in [0.717, 1.165) is 4.90 Å². The van der Waals surface area contributed by atoms with Crippen molar-refractivity contribution in [3.05, 3.63) is 17.5 Å². The summed E-state index contributed by atoms with van der Waals surface area (Å²) in [6.45, 7) is 0.767. The number of aliphatic hydroxyl groups excluding tert-OH is 1. The van der Waals surface area contributed by atoms with Gasteiger partial charge in [0.2, 0.25) is 5.95 Å². The van der Waals surface area contributed by atoms with Crippen molar-refractivity contribution >= 4 is 11.8 Å². The van der Waals surface area contributed by atoms with Gasteiger partial charge in [-0.25, -0.2) is 18.7 Å². The molecule has 0 atom stereocenters. The zero-order chi connectivity index (χ0) is 13.7. The average molecular weight is 259 g/mol. The Hall–Kier alpha value is -1.83. The van der Waals surface area contributed by atoms with Gasteiger partial charge < -0.3 is 15.7 Å². The maximum absolute atomic E-state index is 12.4. The first-order valence-corrected chi connectivity index (χ1v) is 5.28. The summed E-state index contributed by atoms with van der Waals surface area (Å²) >= 11 is 0. The van der Waals surface area contributed by atoms with Crippen molar-refractivity contribution in [2.75, 3.05) is 24.6 Å². The van der Waals surface area contributed by atoms with Crippen LogP contribution in [0.5, 0.6) is 0 Å². The molecule has 0 saturated carbocycles. The molecule has 1 aromatic rings. The standard InChI is InChI=1S/C10H15F2N5O/c1-6-4-7(9(13)14)16-10(15-6)17(2-3-18)5-8(11)12/h4,8,18H,2-3,5H2,1H3,(H3,13,14). The molecule has 1 rings (SSSR count). The van der Waals surface area contributed by atoms with Crippen LogP contribution in [-0.2, 0) is 0 Å². The molecule has 0 unspecified atom stereocenters. The van der Waals surface area contributed by atoms with Crippen LogP contribution in [0.15, 0.2) is 6.07 Å². The lowest BCUT2D eigenvalue weighted by Crippen LogP contribution is -2.33. The van der Waals surface area contributed by atoms with E-state index in [1.165, 1.54) is 6.07 Å². The molecule has 0 radical (unpaired) electrons. The van der Waals surface area contributed by atoms with Crippen LogP contribution in [-0.4, -0.2) is 47.0 Å². The van der Waals surface area contributed by atoms with E-state index in [9.17, 15) is 8.78 Å². The van der Waals surface area contributed by atoms with Crippen LogP contribution < -0.4 is 10.6 Å². The van der Waals surface area contributed by atoms with Crippen LogP contribution >= 0.6 is 0 Å². The SMILES string of the molecule is Cc1cc(C(=N)N)nc(N(CCO)CC(F)F)n1. The number of aromatic nitrogens is 2.